The van der Waals surface area contributed by atoms with Crippen LogP contribution in [0.5, 0.6) is 5.88 Å². The fraction of sp³-hybridized carbons (Fsp3) is 0.333. The van der Waals surface area contributed by atoms with Crippen molar-refractivity contribution in [3.8, 4) is 5.88 Å². The van der Waals surface area contributed by atoms with E-state index in [2.05, 4.69) is 42.0 Å². The lowest BCUT2D eigenvalue weighted by molar-refractivity contribution is -0.134. The first-order valence-corrected chi connectivity index (χ1v) is 7.33. The van der Waals surface area contributed by atoms with Crippen LogP contribution in [0.1, 0.15) is 30.3 Å². The molecule has 0 saturated carbocycles. The highest BCUT2D eigenvalue weighted by Crippen LogP contribution is 2.34. The van der Waals surface area contributed by atoms with E-state index in [1.54, 1.807) is 6.92 Å². The Bertz CT molecular complexity index is 615. The number of carbonyl (C=O) groups excluding carboxylic acids is 1. The molecule has 0 saturated heterocycles. The number of nitrogens with one attached hydrogen (secondary N) is 1. The number of ether oxygens (including phenoxy) is 1. The van der Waals surface area contributed by atoms with E-state index in [1.807, 2.05) is 6.92 Å². The van der Waals surface area contributed by atoms with Gasteiger partial charge >= 0.3 is 5.97 Å². The Labute approximate surface area is 123 Å². The Morgan fingerprint density at radius 3 is 2.50 bits per heavy atom. The predicted octanol–water partition coefficient (Wildman–Crippen LogP) is 3.80. The number of aryl methyl sites for hydroxylation is 3. The van der Waals surface area contributed by atoms with Crippen LogP contribution in [0.4, 0.5) is 0 Å². The van der Waals surface area contributed by atoms with Crippen molar-refractivity contribution in [3.63, 3.8) is 0 Å². The number of H-pyrrole nitrogens is 1. The molecule has 0 unspecified atom stereocenters. The number of aromatic nitrogens is 2. The first-order chi connectivity index (χ1) is 9.47. The van der Waals surface area contributed by atoms with Crippen molar-refractivity contribution in [1.29, 1.82) is 0 Å². The monoisotopic (exact) mass is 290 g/mol. The molecule has 0 spiro atoms. The van der Waals surface area contributed by atoms with E-state index in [9.17, 15) is 4.79 Å². The van der Waals surface area contributed by atoms with Crippen LogP contribution in [0.15, 0.2) is 28.1 Å². The van der Waals surface area contributed by atoms with E-state index >= 15 is 0 Å². The molecule has 0 atom stereocenters. The number of esters is 1. The van der Waals surface area contributed by atoms with Gasteiger partial charge in [0.2, 0.25) is 0 Å². The maximum atomic E-state index is 11.4. The largest absolute Gasteiger partial charge is 0.404 e. The van der Waals surface area contributed by atoms with Crippen molar-refractivity contribution in [2.45, 2.75) is 44.0 Å². The number of hydrogen-bond acceptors (Lipinski definition) is 4. The summed E-state index contributed by atoms with van der Waals surface area (Å²) in [6.45, 7) is 7.73. The maximum Gasteiger partial charge on any atom is 0.312 e. The molecule has 1 aromatic carbocycles. The van der Waals surface area contributed by atoms with Crippen molar-refractivity contribution >= 4 is 17.7 Å². The quantitative estimate of drug-likeness (QED) is 0.870. The number of hydrogen-bond donors (Lipinski definition) is 1. The molecule has 1 N–H and O–H groups in total. The Morgan fingerprint density at radius 1 is 1.25 bits per heavy atom. The Balaban J connectivity index is 2.26. The minimum absolute atomic E-state index is 0.279. The summed E-state index contributed by atoms with van der Waals surface area (Å²) < 4.78 is 5.25. The standard InChI is InChI=1S/C15H18N2O2S/c1-5-13(18)19-14-15(17-11(4)16-14)20-12-7-9(2)6-10(3)8-12/h6-8H,5H2,1-4H3,(H,16,17). The summed E-state index contributed by atoms with van der Waals surface area (Å²) in [5.74, 6) is 0.813. The second-order valence-electron chi connectivity index (χ2n) is 4.71. The normalized spacial score (nSPS) is 10.6. The van der Waals surface area contributed by atoms with Gasteiger partial charge in [-0.2, -0.15) is 4.98 Å². The van der Waals surface area contributed by atoms with Gasteiger partial charge in [0.15, 0.2) is 0 Å². The third-order valence-electron chi connectivity index (χ3n) is 2.67. The highest BCUT2D eigenvalue weighted by Gasteiger charge is 2.14. The minimum Gasteiger partial charge on any atom is -0.404 e. The van der Waals surface area contributed by atoms with Crippen molar-refractivity contribution < 1.29 is 9.53 Å². The van der Waals surface area contributed by atoms with Crippen LogP contribution in [0, 0.1) is 20.8 Å². The number of aromatic amines is 1. The molecular weight excluding hydrogens is 272 g/mol. The van der Waals surface area contributed by atoms with Gasteiger partial charge in [0.05, 0.1) is 0 Å². The molecule has 2 aromatic rings. The summed E-state index contributed by atoms with van der Waals surface area (Å²) in [5.41, 5.74) is 2.41. The van der Waals surface area contributed by atoms with Crippen LogP contribution >= 0.6 is 11.8 Å². The molecule has 0 fully saturated rings. The highest BCUT2D eigenvalue weighted by molar-refractivity contribution is 7.99. The van der Waals surface area contributed by atoms with E-state index in [0.29, 0.717) is 12.3 Å². The average molecular weight is 290 g/mol. The van der Waals surface area contributed by atoms with Crippen LogP contribution in [0.2, 0.25) is 0 Å². The molecule has 1 aromatic heterocycles. The number of nitrogens with zero attached hydrogens (tertiary/aromatic N) is 1. The van der Waals surface area contributed by atoms with E-state index < -0.39 is 0 Å². The molecule has 0 bridgehead atoms. The fourth-order valence-electron chi connectivity index (χ4n) is 1.88. The molecule has 0 amide bonds. The van der Waals surface area contributed by atoms with E-state index in [0.717, 1.165) is 15.7 Å². The lowest BCUT2D eigenvalue weighted by atomic mass is 10.2. The number of benzene rings is 1. The molecule has 0 aliphatic heterocycles. The van der Waals surface area contributed by atoms with Gasteiger partial charge in [-0.1, -0.05) is 24.8 Å². The van der Waals surface area contributed by atoms with Crippen molar-refractivity contribution in [3.05, 3.63) is 35.2 Å². The summed E-state index contributed by atoms with van der Waals surface area (Å²) in [5, 5.41) is 0.759. The smallest absolute Gasteiger partial charge is 0.312 e. The highest BCUT2D eigenvalue weighted by atomic mass is 32.2. The van der Waals surface area contributed by atoms with Crippen LogP contribution in [0.3, 0.4) is 0 Å². The molecular formula is C15H18N2O2S. The van der Waals surface area contributed by atoms with Crippen LogP contribution in [-0.2, 0) is 4.79 Å². The van der Waals surface area contributed by atoms with Gasteiger partial charge in [0.1, 0.15) is 10.9 Å². The van der Waals surface area contributed by atoms with Gasteiger partial charge in [-0.15, -0.1) is 0 Å². The topological polar surface area (TPSA) is 55.0 Å². The summed E-state index contributed by atoms with van der Waals surface area (Å²) in [6, 6.07) is 6.32. The van der Waals surface area contributed by atoms with Gasteiger partial charge in [-0.05, 0) is 44.0 Å². The maximum absolute atomic E-state index is 11.4. The number of rotatable bonds is 4. The summed E-state index contributed by atoms with van der Waals surface area (Å²) in [7, 11) is 0. The van der Waals surface area contributed by atoms with Crippen LogP contribution in [-0.4, -0.2) is 15.9 Å². The fourth-order valence-corrected chi connectivity index (χ4v) is 2.98. The first-order valence-electron chi connectivity index (χ1n) is 6.51. The summed E-state index contributed by atoms with van der Waals surface area (Å²) >= 11 is 1.52. The van der Waals surface area contributed by atoms with E-state index in [-0.39, 0.29) is 5.97 Å². The molecule has 0 aliphatic rings. The molecule has 2 rings (SSSR count). The van der Waals surface area contributed by atoms with Gasteiger partial charge in [0.25, 0.3) is 5.88 Å². The summed E-state index contributed by atoms with van der Waals surface area (Å²) in [4.78, 5) is 19.9. The third kappa shape index (κ3) is 3.63. The van der Waals surface area contributed by atoms with E-state index in [4.69, 9.17) is 4.74 Å². The zero-order valence-corrected chi connectivity index (χ0v) is 12.9. The number of carbonyl (C=O) groups is 1. The van der Waals surface area contributed by atoms with Crippen LogP contribution in [0.25, 0.3) is 0 Å². The van der Waals surface area contributed by atoms with Gasteiger partial charge < -0.3 is 9.72 Å². The van der Waals surface area contributed by atoms with Gasteiger partial charge in [-0.3, -0.25) is 4.79 Å². The minimum atomic E-state index is -0.279. The Morgan fingerprint density at radius 2 is 1.90 bits per heavy atom. The SMILES string of the molecule is CCC(=O)Oc1nc(C)[nH]c1Sc1cc(C)cc(C)c1. The van der Waals surface area contributed by atoms with Gasteiger partial charge in [-0.25, -0.2) is 0 Å². The Hall–Kier alpha value is -1.75. The molecule has 1 heterocycles. The molecule has 20 heavy (non-hydrogen) atoms. The first kappa shape index (κ1) is 14.7. The molecule has 4 nitrogen and oxygen atoms in total. The lowest BCUT2D eigenvalue weighted by Gasteiger charge is -2.05. The van der Waals surface area contributed by atoms with Crippen molar-refractivity contribution in [2.75, 3.05) is 0 Å². The number of imidazole rings is 1. The predicted molar refractivity (Wildman–Crippen MR) is 79.3 cm³/mol. The summed E-state index contributed by atoms with van der Waals surface area (Å²) in [6.07, 6.45) is 0.333. The average Bonchev–Trinajstić information content (AvgIpc) is 2.67. The van der Waals surface area contributed by atoms with Crippen LogP contribution < -0.4 is 4.74 Å². The molecule has 0 aliphatic carbocycles. The van der Waals surface area contributed by atoms with E-state index in [1.165, 1.54) is 22.9 Å². The zero-order chi connectivity index (χ0) is 14.7. The zero-order valence-electron chi connectivity index (χ0n) is 12.1. The van der Waals surface area contributed by atoms with Crippen molar-refractivity contribution in [1.82, 2.24) is 9.97 Å². The third-order valence-corrected chi connectivity index (χ3v) is 3.62. The lowest BCUT2D eigenvalue weighted by Crippen LogP contribution is -2.06. The molecule has 0 radical (unpaired) electrons. The van der Waals surface area contributed by atoms with Crippen molar-refractivity contribution in [2.24, 2.45) is 0 Å². The Kier molecular flexibility index (Phi) is 4.49. The molecule has 106 valence electrons. The molecule has 5 heteroatoms. The second-order valence-corrected chi connectivity index (χ2v) is 5.79. The van der Waals surface area contributed by atoms with Gasteiger partial charge in [0, 0.05) is 11.3 Å². The second kappa shape index (κ2) is 6.13.